The van der Waals surface area contributed by atoms with Gasteiger partial charge in [0.1, 0.15) is 5.82 Å². The molecule has 4 heteroatoms. The maximum absolute atomic E-state index is 13.2. The van der Waals surface area contributed by atoms with Crippen LogP contribution in [-0.4, -0.2) is 9.78 Å². The van der Waals surface area contributed by atoms with Crippen LogP contribution in [0.15, 0.2) is 36.5 Å². The predicted octanol–water partition coefficient (Wildman–Crippen LogP) is 3.28. The molecule has 19 heavy (non-hydrogen) atoms. The van der Waals surface area contributed by atoms with E-state index in [0.29, 0.717) is 0 Å². The zero-order chi connectivity index (χ0) is 13.7. The van der Waals surface area contributed by atoms with Gasteiger partial charge in [0.05, 0.1) is 5.69 Å². The fraction of sp³-hybridized carbons (Fsp3) is 0.400. The van der Waals surface area contributed by atoms with Gasteiger partial charge in [-0.25, -0.2) is 4.39 Å². The second kappa shape index (κ2) is 6.48. The first kappa shape index (κ1) is 13.7. The van der Waals surface area contributed by atoms with Gasteiger partial charge in [-0.05, 0) is 37.1 Å². The van der Waals surface area contributed by atoms with Crippen LogP contribution < -0.4 is 5.32 Å². The third kappa shape index (κ3) is 3.64. The van der Waals surface area contributed by atoms with Gasteiger partial charge in [0.15, 0.2) is 0 Å². The highest BCUT2D eigenvalue weighted by Crippen LogP contribution is 2.14. The molecular formula is C15H20FN3. The maximum Gasteiger partial charge on any atom is 0.123 e. The van der Waals surface area contributed by atoms with Crippen LogP contribution in [0.2, 0.25) is 0 Å². The molecule has 1 aromatic heterocycles. The molecule has 0 bridgehead atoms. The lowest BCUT2D eigenvalue weighted by Crippen LogP contribution is -2.20. The number of hydrogen-bond acceptors (Lipinski definition) is 2. The van der Waals surface area contributed by atoms with Gasteiger partial charge in [0.25, 0.3) is 0 Å². The van der Waals surface area contributed by atoms with Crippen molar-refractivity contribution in [2.45, 2.75) is 39.4 Å². The quantitative estimate of drug-likeness (QED) is 0.864. The van der Waals surface area contributed by atoms with Gasteiger partial charge in [0.2, 0.25) is 0 Å². The summed E-state index contributed by atoms with van der Waals surface area (Å²) in [6, 6.07) is 8.84. The average Bonchev–Trinajstić information content (AvgIpc) is 2.84. The molecule has 3 nitrogen and oxygen atoms in total. The van der Waals surface area contributed by atoms with Gasteiger partial charge < -0.3 is 5.32 Å². The van der Waals surface area contributed by atoms with Gasteiger partial charge in [0, 0.05) is 25.3 Å². The third-order valence-corrected chi connectivity index (χ3v) is 3.18. The lowest BCUT2D eigenvalue weighted by Gasteiger charge is -2.15. The van der Waals surface area contributed by atoms with Crippen LogP contribution in [-0.2, 0) is 13.1 Å². The number of nitrogens with zero attached hydrogens (tertiary/aromatic N) is 2. The Balaban J connectivity index is 1.96. The summed E-state index contributed by atoms with van der Waals surface area (Å²) in [4.78, 5) is 0. The summed E-state index contributed by atoms with van der Waals surface area (Å²) in [5.41, 5.74) is 2.12. The molecule has 2 rings (SSSR count). The molecule has 102 valence electrons. The number of aromatic nitrogens is 2. The standard InChI is InChI=1S/C15H20FN3/c1-3-9-19-15(7-8-18-19)11-17-12(2)13-5-4-6-14(16)10-13/h4-8,10,12,17H,3,9,11H2,1-2H3/t12-/m0/s1. The van der Waals surface area contributed by atoms with Crippen molar-refractivity contribution in [3.63, 3.8) is 0 Å². The molecule has 0 saturated carbocycles. The lowest BCUT2D eigenvalue weighted by atomic mass is 10.1. The molecule has 0 spiro atoms. The Bertz CT molecular complexity index is 522. The van der Waals surface area contributed by atoms with Crippen LogP contribution in [0.4, 0.5) is 4.39 Å². The Kier molecular flexibility index (Phi) is 4.68. The highest BCUT2D eigenvalue weighted by molar-refractivity contribution is 5.19. The molecule has 0 aliphatic heterocycles. The molecule has 0 radical (unpaired) electrons. The van der Waals surface area contributed by atoms with Crippen molar-refractivity contribution >= 4 is 0 Å². The highest BCUT2D eigenvalue weighted by atomic mass is 19.1. The summed E-state index contributed by atoms with van der Waals surface area (Å²) in [5.74, 6) is -0.192. The molecule has 2 aromatic rings. The summed E-state index contributed by atoms with van der Waals surface area (Å²) >= 11 is 0. The van der Waals surface area contributed by atoms with E-state index in [4.69, 9.17) is 0 Å². The first-order valence-corrected chi connectivity index (χ1v) is 6.70. The summed E-state index contributed by atoms with van der Waals surface area (Å²) in [6.07, 6.45) is 2.88. The van der Waals surface area contributed by atoms with Crippen molar-refractivity contribution in [3.8, 4) is 0 Å². The fourth-order valence-electron chi connectivity index (χ4n) is 2.07. The predicted molar refractivity (Wildman–Crippen MR) is 74.2 cm³/mol. The van der Waals surface area contributed by atoms with Gasteiger partial charge in [-0.15, -0.1) is 0 Å². The third-order valence-electron chi connectivity index (χ3n) is 3.18. The molecule has 0 amide bonds. The summed E-state index contributed by atoms with van der Waals surface area (Å²) in [6.45, 7) is 5.83. The van der Waals surface area contributed by atoms with E-state index < -0.39 is 0 Å². The van der Waals surface area contributed by atoms with Crippen molar-refractivity contribution in [2.24, 2.45) is 0 Å². The van der Waals surface area contributed by atoms with Gasteiger partial charge >= 0.3 is 0 Å². The van der Waals surface area contributed by atoms with Gasteiger partial charge in [-0.1, -0.05) is 19.1 Å². The SMILES string of the molecule is CCCn1nccc1CN[C@@H](C)c1cccc(F)c1. The van der Waals surface area contributed by atoms with E-state index >= 15 is 0 Å². The van der Waals surface area contributed by atoms with E-state index in [-0.39, 0.29) is 11.9 Å². The zero-order valence-corrected chi connectivity index (χ0v) is 11.4. The normalized spacial score (nSPS) is 12.6. The Morgan fingerprint density at radius 2 is 2.21 bits per heavy atom. The first-order valence-electron chi connectivity index (χ1n) is 6.70. The van der Waals surface area contributed by atoms with Gasteiger partial charge in [-0.2, -0.15) is 5.10 Å². The Hall–Kier alpha value is -1.68. The number of hydrogen-bond donors (Lipinski definition) is 1. The molecule has 0 aliphatic rings. The summed E-state index contributed by atoms with van der Waals surface area (Å²) in [7, 11) is 0. The second-order valence-corrected chi connectivity index (χ2v) is 4.70. The molecule has 0 unspecified atom stereocenters. The monoisotopic (exact) mass is 261 g/mol. The number of nitrogens with one attached hydrogen (secondary N) is 1. The largest absolute Gasteiger partial charge is 0.305 e. The van der Waals surface area contributed by atoms with Crippen LogP contribution in [0, 0.1) is 5.82 Å². The Morgan fingerprint density at radius 3 is 2.95 bits per heavy atom. The van der Waals surface area contributed by atoms with Crippen molar-refractivity contribution < 1.29 is 4.39 Å². The molecule has 1 atom stereocenters. The van der Waals surface area contributed by atoms with E-state index in [1.807, 2.05) is 29.9 Å². The van der Waals surface area contributed by atoms with E-state index in [2.05, 4.69) is 17.3 Å². The van der Waals surface area contributed by atoms with E-state index in [0.717, 1.165) is 30.8 Å². The van der Waals surface area contributed by atoms with Crippen molar-refractivity contribution in [2.75, 3.05) is 0 Å². The molecule has 0 aliphatic carbocycles. The van der Waals surface area contributed by atoms with Crippen LogP contribution in [0.5, 0.6) is 0 Å². The fourth-order valence-corrected chi connectivity index (χ4v) is 2.07. The minimum absolute atomic E-state index is 0.112. The topological polar surface area (TPSA) is 29.9 Å². The van der Waals surface area contributed by atoms with Gasteiger partial charge in [-0.3, -0.25) is 4.68 Å². The first-order chi connectivity index (χ1) is 9.20. The number of halogens is 1. The number of benzene rings is 1. The van der Waals surface area contributed by atoms with Crippen molar-refractivity contribution in [1.29, 1.82) is 0 Å². The molecular weight excluding hydrogens is 241 g/mol. The zero-order valence-electron chi connectivity index (χ0n) is 11.4. The summed E-state index contributed by atoms with van der Waals surface area (Å²) < 4.78 is 15.2. The van der Waals surface area contributed by atoms with Crippen LogP contribution in [0.1, 0.15) is 37.6 Å². The summed E-state index contributed by atoms with van der Waals surface area (Å²) in [5, 5.41) is 7.69. The van der Waals surface area contributed by atoms with Crippen molar-refractivity contribution in [3.05, 3.63) is 53.6 Å². The highest BCUT2D eigenvalue weighted by Gasteiger charge is 2.07. The second-order valence-electron chi connectivity index (χ2n) is 4.70. The number of rotatable bonds is 6. The van der Waals surface area contributed by atoms with E-state index in [9.17, 15) is 4.39 Å². The molecule has 0 saturated heterocycles. The minimum atomic E-state index is -0.192. The van der Waals surface area contributed by atoms with Crippen molar-refractivity contribution in [1.82, 2.24) is 15.1 Å². The molecule has 1 heterocycles. The van der Waals surface area contributed by atoms with Crippen LogP contribution >= 0.6 is 0 Å². The molecule has 1 N–H and O–H groups in total. The molecule has 0 fully saturated rings. The van der Waals surface area contributed by atoms with Crippen LogP contribution in [0.3, 0.4) is 0 Å². The minimum Gasteiger partial charge on any atom is -0.305 e. The maximum atomic E-state index is 13.2. The Labute approximate surface area is 113 Å². The lowest BCUT2D eigenvalue weighted by molar-refractivity contribution is 0.514. The van der Waals surface area contributed by atoms with Crippen LogP contribution in [0.25, 0.3) is 0 Å². The number of aryl methyl sites for hydroxylation is 1. The Morgan fingerprint density at radius 1 is 1.37 bits per heavy atom. The van der Waals surface area contributed by atoms with E-state index in [1.54, 1.807) is 12.1 Å². The average molecular weight is 261 g/mol. The smallest absolute Gasteiger partial charge is 0.123 e. The van der Waals surface area contributed by atoms with E-state index in [1.165, 1.54) is 6.07 Å². The molecule has 1 aromatic carbocycles.